The highest BCUT2D eigenvalue weighted by molar-refractivity contribution is 9.10. The molecule has 0 saturated carbocycles. The van der Waals surface area contributed by atoms with Gasteiger partial charge in [-0.25, -0.2) is 5.01 Å². The Morgan fingerprint density at radius 2 is 1.85 bits per heavy atom. The fourth-order valence-electron chi connectivity index (χ4n) is 2.94. The zero-order valence-electron chi connectivity index (χ0n) is 13.6. The Labute approximate surface area is 164 Å². The monoisotopic (exact) mass is 428 g/mol. The molecule has 2 aromatic carbocycles. The molecule has 26 heavy (non-hydrogen) atoms. The van der Waals surface area contributed by atoms with Crippen LogP contribution in [0.1, 0.15) is 34.1 Å². The lowest BCUT2D eigenvalue weighted by Crippen LogP contribution is -2.26. The van der Waals surface area contributed by atoms with Crippen LogP contribution in [0, 0.1) is 0 Å². The van der Waals surface area contributed by atoms with E-state index in [2.05, 4.69) is 21.0 Å². The highest BCUT2D eigenvalue weighted by atomic mass is 79.9. The Kier molecular flexibility index (Phi) is 4.66. The molecule has 0 N–H and O–H groups in total. The van der Waals surface area contributed by atoms with Gasteiger partial charge in [0.05, 0.1) is 12.0 Å². The highest BCUT2D eigenvalue weighted by Crippen LogP contribution is 2.34. The minimum atomic E-state index is -0.271. The van der Waals surface area contributed by atoms with Crippen molar-refractivity contribution in [2.45, 2.75) is 12.5 Å². The number of carbonyl (C=O) groups is 1. The summed E-state index contributed by atoms with van der Waals surface area (Å²) in [5.41, 5.74) is 2.34. The van der Waals surface area contributed by atoms with Crippen molar-refractivity contribution < 1.29 is 9.21 Å². The standard InChI is InChI=1S/C20H14BrClN2O2/c21-15-7-3-14(4-8-15)20(25)24-18(19-2-1-11-26-19)12-17(23-24)13-5-9-16(22)10-6-13/h1-11,18H,12H2. The Balaban J connectivity index is 1.70. The Bertz CT molecular complexity index is 950. The van der Waals surface area contributed by atoms with Crippen molar-refractivity contribution in [3.8, 4) is 0 Å². The molecule has 1 atom stereocenters. The summed E-state index contributed by atoms with van der Waals surface area (Å²) in [6.07, 6.45) is 2.19. The van der Waals surface area contributed by atoms with Crippen molar-refractivity contribution in [1.82, 2.24) is 5.01 Å². The molecule has 1 aromatic heterocycles. The molecule has 1 unspecified atom stereocenters. The molecular formula is C20H14BrClN2O2. The molecule has 1 aliphatic rings. The first-order valence-corrected chi connectivity index (χ1v) is 9.25. The molecule has 130 valence electrons. The largest absolute Gasteiger partial charge is 0.467 e. The molecule has 1 aliphatic heterocycles. The number of benzene rings is 2. The molecule has 0 radical (unpaired) electrons. The summed E-state index contributed by atoms with van der Waals surface area (Å²) in [6.45, 7) is 0. The zero-order valence-corrected chi connectivity index (χ0v) is 15.9. The van der Waals surface area contributed by atoms with Gasteiger partial charge in [0.1, 0.15) is 11.8 Å². The summed E-state index contributed by atoms with van der Waals surface area (Å²) < 4.78 is 6.48. The number of hydrogen-bond acceptors (Lipinski definition) is 3. The van der Waals surface area contributed by atoms with Gasteiger partial charge in [-0.15, -0.1) is 0 Å². The summed E-state index contributed by atoms with van der Waals surface area (Å²) in [5, 5.41) is 6.78. The van der Waals surface area contributed by atoms with Crippen molar-refractivity contribution in [3.63, 3.8) is 0 Å². The number of halogens is 2. The van der Waals surface area contributed by atoms with Crippen LogP contribution < -0.4 is 0 Å². The van der Waals surface area contributed by atoms with E-state index in [1.165, 1.54) is 5.01 Å². The third-order valence-corrected chi connectivity index (χ3v) is 5.04. The number of carbonyl (C=O) groups excluding carboxylic acids is 1. The van der Waals surface area contributed by atoms with Gasteiger partial charge in [-0.2, -0.15) is 5.10 Å². The number of furan rings is 1. The molecule has 0 aliphatic carbocycles. The van der Waals surface area contributed by atoms with Crippen molar-refractivity contribution in [2.24, 2.45) is 5.10 Å². The second kappa shape index (κ2) is 7.09. The molecule has 3 aromatic rings. The summed E-state index contributed by atoms with van der Waals surface area (Å²) >= 11 is 9.37. The van der Waals surface area contributed by atoms with Gasteiger partial charge in [0.25, 0.3) is 5.91 Å². The van der Waals surface area contributed by atoms with Crippen LogP contribution in [0.4, 0.5) is 0 Å². The fourth-order valence-corrected chi connectivity index (χ4v) is 3.33. The normalized spacial score (nSPS) is 16.6. The van der Waals surface area contributed by atoms with E-state index in [1.54, 1.807) is 18.4 Å². The van der Waals surface area contributed by atoms with Gasteiger partial charge in [0.2, 0.25) is 0 Å². The smallest absolute Gasteiger partial charge is 0.274 e. The third-order valence-electron chi connectivity index (χ3n) is 4.26. The second-order valence-corrected chi connectivity index (χ2v) is 7.30. The SMILES string of the molecule is O=C(c1ccc(Br)cc1)N1N=C(c2ccc(Cl)cc2)CC1c1ccco1. The molecule has 6 heteroatoms. The van der Waals surface area contributed by atoms with Crippen molar-refractivity contribution in [1.29, 1.82) is 0 Å². The van der Waals surface area contributed by atoms with Gasteiger partial charge in [-0.1, -0.05) is 39.7 Å². The Morgan fingerprint density at radius 1 is 1.12 bits per heavy atom. The number of hydrogen-bond donors (Lipinski definition) is 0. The van der Waals surface area contributed by atoms with E-state index < -0.39 is 0 Å². The van der Waals surface area contributed by atoms with Crippen LogP contribution in [0.15, 0.2) is 80.9 Å². The molecule has 0 bridgehead atoms. The van der Waals surface area contributed by atoms with Crippen molar-refractivity contribution in [3.05, 3.63) is 93.3 Å². The van der Waals surface area contributed by atoms with E-state index in [0.717, 1.165) is 15.7 Å². The van der Waals surface area contributed by atoms with Gasteiger partial charge in [0, 0.05) is 21.5 Å². The average molecular weight is 430 g/mol. The van der Waals surface area contributed by atoms with Crippen LogP contribution in [0.2, 0.25) is 5.02 Å². The first-order chi connectivity index (χ1) is 12.6. The second-order valence-electron chi connectivity index (χ2n) is 5.95. The number of amides is 1. The molecule has 0 saturated heterocycles. The van der Waals surface area contributed by atoms with Crippen molar-refractivity contribution >= 4 is 39.1 Å². The fraction of sp³-hybridized carbons (Fsp3) is 0.100. The van der Waals surface area contributed by atoms with E-state index in [4.69, 9.17) is 16.0 Å². The topological polar surface area (TPSA) is 45.8 Å². The van der Waals surface area contributed by atoms with E-state index in [1.807, 2.05) is 48.5 Å². The number of rotatable bonds is 3. The highest BCUT2D eigenvalue weighted by Gasteiger charge is 2.35. The molecule has 4 rings (SSSR count). The van der Waals surface area contributed by atoms with Crippen LogP contribution in [0.25, 0.3) is 0 Å². The van der Waals surface area contributed by atoms with E-state index in [0.29, 0.717) is 22.8 Å². The van der Waals surface area contributed by atoms with Crippen LogP contribution in [-0.2, 0) is 0 Å². The quantitative estimate of drug-likeness (QED) is 0.537. The third kappa shape index (κ3) is 3.32. The predicted octanol–water partition coefficient (Wildman–Crippen LogP) is 5.69. The van der Waals surface area contributed by atoms with Crippen LogP contribution >= 0.6 is 27.5 Å². The van der Waals surface area contributed by atoms with Crippen molar-refractivity contribution in [2.75, 3.05) is 0 Å². The predicted molar refractivity (Wildman–Crippen MR) is 104 cm³/mol. The average Bonchev–Trinajstić information content (AvgIpc) is 3.32. The molecular weight excluding hydrogens is 416 g/mol. The van der Waals surface area contributed by atoms with Gasteiger partial charge < -0.3 is 4.42 Å². The minimum Gasteiger partial charge on any atom is -0.467 e. The van der Waals surface area contributed by atoms with E-state index in [-0.39, 0.29) is 11.9 Å². The van der Waals surface area contributed by atoms with Crippen LogP contribution in [-0.4, -0.2) is 16.6 Å². The van der Waals surface area contributed by atoms with Gasteiger partial charge in [0.15, 0.2) is 0 Å². The lowest BCUT2D eigenvalue weighted by atomic mass is 10.0. The Hall–Kier alpha value is -2.37. The summed E-state index contributed by atoms with van der Waals surface area (Å²) in [6, 6.07) is 18.1. The van der Waals surface area contributed by atoms with Crippen LogP contribution in [0.3, 0.4) is 0 Å². The molecule has 2 heterocycles. The van der Waals surface area contributed by atoms with Gasteiger partial charge in [-0.05, 0) is 54.1 Å². The summed E-state index contributed by atoms with van der Waals surface area (Å²) in [4.78, 5) is 13.0. The van der Waals surface area contributed by atoms with Crippen LogP contribution in [0.5, 0.6) is 0 Å². The molecule has 4 nitrogen and oxygen atoms in total. The van der Waals surface area contributed by atoms with Gasteiger partial charge >= 0.3 is 0 Å². The summed E-state index contributed by atoms with van der Waals surface area (Å²) in [7, 11) is 0. The first kappa shape index (κ1) is 17.1. The zero-order chi connectivity index (χ0) is 18.1. The maximum atomic E-state index is 13.0. The lowest BCUT2D eigenvalue weighted by molar-refractivity contribution is 0.0693. The first-order valence-electron chi connectivity index (χ1n) is 8.08. The molecule has 0 fully saturated rings. The lowest BCUT2D eigenvalue weighted by Gasteiger charge is -2.19. The van der Waals surface area contributed by atoms with Gasteiger partial charge in [-0.3, -0.25) is 4.79 Å². The number of nitrogens with zero attached hydrogens (tertiary/aromatic N) is 2. The molecule has 1 amide bonds. The number of hydrazone groups is 1. The maximum Gasteiger partial charge on any atom is 0.274 e. The van der Waals surface area contributed by atoms with E-state index >= 15 is 0 Å². The Morgan fingerprint density at radius 3 is 2.50 bits per heavy atom. The maximum absolute atomic E-state index is 13.0. The minimum absolute atomic E-state index is 0.164. The van der Waals surface area contributed by atoms with E-state index in [9.17, 15) is 4.79 Å². The molecule has 0 spiro atoms. The summed E-state index contributed by atoms with van der Waals surface area (Å²) in [5.74, 6) is 0.547.